The third kappa shape index (κ3) is 4.67. The van der Waals surface area contributed by atoms with Crippen LogP contribution in [0.4, 0.5) is 5.69 Å². The van der Waals surface area contributed by atoms with Gasteiger partial charge in [-0.15, -0.1) is 12.4 Å². The SMILES string of the molecule is CNS(=O)(=O)c1cc(NC(=O)C(C)(C)CN)ccc1C.Cl. The fourth-order valence-electron chi connectivity index (χ4n) is 1.47. The van der Waals surface area contributed by atoms with Crippen molar-refractivity contribution in [1.82, 2.24) is 4.72 Å². The highest BCUT2D eigenvalue weighted by molar-refractivity contribution is 7.89. The number of rotatable bonds is 5. The Kier molecular flexibility index (Phi) is 6.82. The van der Waals surface area contributed by atoms with E-state index in [1.807, 2.05) is 0 Å². The van der Waals surface area contributed by atoms with Gasteiger partial charge in [0, 0.05) is 12.2 Å². The zero-order valence-electron chi connectivity index (χ0n) is 12.6. The van der Waals surface area contributed by atoms with Crippen LogP contribution in [0, 0.1) is 12.3 Å². The van der Waals surface area contributed by atoms with E-state index >= 15 is 0 Å². The molecule has 0 saturated carbocycles. The zero-order valence-corrected chi connectivity index (χ0v) is 14.2. The Morgan fingerprint density at radius 3 is 2.38 bits per heavy atom. The highest BCUT2D eigenvalue weighted by atomic mass is 35.5. The molecule has 0 radical (unpaired) electrons. The fourth-order valence-corrected chi connectivity index (χ4v) is 2.46. The van der Waals surface area contributed by atoms with Crippen molar-refractivity contribution in [3.8, 4) is 0 Å². The number of amides is 1. The highest BCUT2D eigenvalue weighted by Gasteiger charge is 2.26. The van der Waals surface area contributed by atoms with Gasteiger partial charge >= 0.3 is 0 Å². The third-order valence-corrected chi connectivity index (χ3v) is 4.69. The number of sulfonamides is 1. The number of carbonyl (C=O) groups excluding carboxylic acids is 1. The molecular weight excluding hydrogens is 314 g/mol. The largest absolute Gasteiger partial charge is 0.329 e. The van der Waals surface area contributed by atoms with Crippen LogP contribution in [0.25, 0.3) is 0 Å². The normalized spacial score (nSPS) is 11.7. The van der Waals surface area contributed by atoms with Crippen molar-refractivity contribution in [3.63, 3.8) is 0 Å². The maximum atomic E-state index is 12.0. The van der Waals surface area contributed by atoms with Crippen molar-refractivity contribution in [3.05, 3.63) is 23.8 Å². The number of halogens is 1. The van der Waals surface area contributed by atoms with E-state index in [4.69, 9.17) is 5.73 Å². The Labute approximate surface area is 132 Å². The molecule has 0 aliphatic rings. The molecule has 1 aromatic carbocycles. The summed E-state index contributed by atoms with van der Waals surface area (Å²) in [7, 11) is -2.21. The van der Waals surface area contributed by atoms with E-state index in [2.05, 4.69) is 10.0 Å². The first-order chi connectivity index (χ1) is 9.14. The van der Waals surface area contributed by atoms with Gasteiger partial charge < -0.3 is 11.1 Å². The second-order valence-corrected chi connectivity index (χ2v) is 7.08. The molecule has 4 N–H and O–H groups in total. The molecule has 0 atom stereocenters. The van der Waals surface area contributed by atoms with Crippen LogP contribution in [0.15, 0.2) is 23.1 Å². The summed E-state index contributed by atoms with van der Waals surface area (Å²) in [6.45, 7) is 5.34. The molecular formula is C13H22ClN3O3S. The van der Waals surface area contributed by atoms with Crippen LogP contribution in [-0.4, -0.2) is 27.9 Å². The van der Waals surface area contributed by atoms with Crippen LogP contribution in [0.1, 0.15) is 19.4 Å². The first-order valence-corrected chi connectivity index (χ1v) is 7.68. The van der Waals surface area contributed by atoms with Crippen LogP contribution in [-0.2, 0) is 14.8 Å². The molecule has 1 rings (SSSR count). The van der Waals surface area contributed by atoms with Gasteiger partial charge in [0.1, 0.15) is 0 Å². The standard InChI is InChI=1S/C13H21N3O3S.ClH/c1-9-5-6-10(7-11(9)20(18,19)15-4)16-12(17)13(2,3)8-14;/h5-7,15H,8,14H2,1-4H3,(H,16,17);1H. The molecule has 0 heterocycles. The number of hydrogen-bond donors (Lipinski definition) is 3. The van der Waals surface area contributed by atoms with Crippen LogP contribution >= 0.6 is 12.4 Å². The molecule has 0 aromatic heterocycles. The van der Waals surface area contributed by atoms with Gasteiger partial charge in [0.25, 0.3) is 0 Å². The molecule has 0 aliphatic heterocycles. The maximum absolute atomic E-state index is 12.0. The minimum absolute atomic E-state index is 0. The summed E-state index contributed by atoms with van der Waals surface area (Å²) in [4.78, 5) is 12.2. The Bertz CT molecular complexity index is 615. The predicted molar refractivity (Wildman–Crippen MR) is 86.1 cm³/mol. The Balaban J connectivity index is 0.00000400. The first-order valence-electron chi connectivity index (χ1n) is 6.20. The average Bonchev–Trinajstić information content (AvgIpc) is 2.40. The van der Waals surface area contributed by atoms with Crippen molar-refractivity contribution in [2.45, 2.75) is 25.7 Å². The topological polar surface area (TPSA) is 101 Å². The molecule has 0 aliphatic carbocycles. The van der Waals surface area contributed by atoms with Crippen molar-refractivity contribution >= 4 is 34.0 Å². The highest BCUT2D eigenvalue weighted by Crippen LogP contribution is 2.22. The van der Waals surface area contributed by atoms with Crippen LogP contribution in [0.2, 0.25) is 0 Å². The molecule has 0 unspecified atom stereocenters. The molecule has 120 valence electrons. The lowest BCUT2D eigenvalue weighted by atomic mass is 9.92. The van der Waals surface area contributed by atoms with Gasteiger partial charge in [-0.1, -0.05) is 6.07 Å². The number of nitrogens with one attached hydrogen (secondary N) is 2. The summed E-state index contributed by atoms with van der Waals surface area (Å²) in [5.41, 5.74) is 5.86. The fraction of sp³-hybridized carbons (Fsp3) is 0.462. The Morgan fingerprint density at radius 1 is 1.33 bits per heavy atom. The van der Waals surface area contributed by atoms with Gasteiger partial charge in [0.2, 0.25) is 15.9 Å². The number of anilines is 1. The molecule has 1 aromatic rings. The van der Waals surface area contributed by atoms with E-state index in [0.717, 1.165) is 0 Å². The predicted octanol–water partition coefficient (Wildman–Crippen LogP) is 1.25. The van der Waals surface area contributed by atoms with Crippen LogP contribution in [0.5, 0.6) is 0 Å². The number of hydrogen-bond acceptors (Lipinski definition) is 4. The van der Waals surface area contributed by atoms with E-state index in [0.29, 0.717) is 11.3 Å². The van der Waals surface area contributed by atoms with Gasteiger partial charge in [-0.25, -0.2) is 13.1 Å². The lowest BCUT2D eigenvalue weighted by Crippen LogP contribution is -2.37. The van der Waals surface area contributed by atoms with Gasteiger partial charge in [-0.3, -0.25) is 4.79 Å². The summed E-state index contributed by atoms with van der Waals surface area (Å²) >= 11 is 0. The minimum Gasteiger partial charge on any atom is -0.329 e. The van der Waals surface area contributed by atoms with Gasteiger partial charge in [-0.2, -0.15) is 0 Å². The molecule has 0 spiro atoms. The average molecular weight is 336 g/mol. The van der Waals surface area contributed by atoms with Crippen LogP contribution in [0.3, 0.4) is 0 Å². The van der Waals surface area contributed by atoms with E-state index < -0.39 is 15.4 Å². The Hall–Kier alpha value is -1.15. The second-order valence-electron chi connectivity index (χ2n) is 5.23. The molecule has 8 heteroatoms. The Morgan fingerprint density at radius 2 is 1.90 bits per heavy atom. The first kappa shape index (κ1) is 19.9. The number of benzene rings is 1. The van der Waals surface area contributed by atoms with Crippen molar-refractivity contribution in [2.24, 2.45) is 11.1 Å². The van der Waals surface area contributed by atoms with Gasteiger partial charge in [0.05, 0.1) is 10.3 Å². The summed E-state index contributed by atoms with van der Waals surface area (Å²) in [6, 6.07) is 4.75. The molecule has 21 heavy (non-hydrogen) atoms. The second kappa shape index (κ2) is 7.22. The summed E-state index contributed by atoms with van der Waals surface area (Å²) in [5, 5.41) is 2.69. The summed E-state index contributed by atoms with van der Waals surface area (Å²) < 4.78 is 26.0. The summed E-state index contributed by atoms with van der Waals surface area (Å²) in [5.74, 6) is -0.253. The molecule has 6 nitrogen and oxygen atoms in total. The number of aryl methyl sites for hydroxylation is 1. The molecule has 0 fully saturated rings. The lowest BCUT2D eigenvalue weighted by molar-refractivity contribution is -0.123. The van der Waals surface area contributed by atoms with E-state index in [1.54, 1.807) is 32.9 Å². The molecule has 0 saturated heterocycles. The molecule has 1 amide bonds. The number of carbonyl (C=O) groups is 1. The van der Waals surface area contributed by atoms with Gasteiger partial charge in [-0.05, 0) is 45.5 Å². The van der Waals surface area contributed by atoms with Crippen molar-refractivity contribution in [2.75, 3.05) is 18.9 Å². The van der Waals surface area contributed by atoms with Crippen LogP contribution < -0.4 is 15.8 Å². The van der Waals surface area contributed by atoms with E-state index in [-0.39, 0.29) is 29.8 Å². The molecule has 0 bridgehead atoms. The quantitative estimate of drug-likeness (QED) is 0.753. The zero-order chi connectivity index (χ0) is 15.6. The van der Waals surface area contributed by atoms with E-state index in [1.165, 1.54) is 13.1 Å². The lowest BCUT2D eigenvalue weighted by Gasteiger charge is -2.21. The number of nitrogens with two attached hydrogens (primary N) is 1. The summed E-state index contributed by atoms with van der Waals surface area (Å²) in [6.07, 6.45) is 0. The van der Waals surface area contributed by atoms with Gasteiger partial charge in [0.15, 0.2) is 0 Å². The monoisotopic (exact) mass is 335 g/mol. The third-order valence-electron chi connectivity index (χ3n) is 3.13. The minimum atomic E-state index is -3.55. The smallest absolute Gasteiger partial charge is 0.240 e. The van der Waals surface area contributed by atoms with Crippen molar-refractivity contribution < 1.29 is 13.2 Å². The van der Waals surface area contributed by atoms with Crippen molar-refractivity contribution in [1.29, 1.82) is 0 Å². The maximum Gasteiger partial charge on any atom is 0.240 e. The van der Waals surface area contributed by atoms with E-state index in [9.17, 15) is 13.2 Å².